The maximum atomic E-state index is 4.63. The van der Waals surface area contributed by atoms with Gasteiger partial charge in [0.25, 0.3) is 0 Å². The summed E-state index contributed by atoms with van der Waals surface area (Å²) in [6, 6.07) is 11.3. The van der Waals surface area contributed by atoms with Crippen molar-refractivity contribution in [2.24, 2.45) is 0 Å². The molecule has 0 bridgehead atoms. The molecule has 0 amide bonds. The first-order chi connectivity index (χ1) is 10.2. The molecule has 0 saturated heterocycles. The van der Waals surface area contributed by atoms with Crippen molar-refractivity contribution in [1.82, 2.24) is 19.7 Å². The lowest BCUT2D eigenvalue weighted by molar-refractivity contribution is 0.524. The maximum absolute atomic E-state index is 4.63. The Labute approximate surface area is 125 Å². The van der Waals surface area contributed by atoms with Crippen molar-refractivity contribution >= 4 is 10.9 Å². The van der Waals surface area contributed by atoms with E-state index in [1.807, 2.05) is 11.7 Å². The highest BCUT2D eigenvalue weighted by atomic mass is 15.3. The fourth-order valence-electron chi connectivity index (χ4n) is 2.61. The van der Waals surface area contributed by atoms with Gasteiger partial charge in [0.2, 0.25) is 0 Å². The predicted molar refractivity (Wildman–Crippen MR) is 86.4 cm³/mol. The summed E-state index contributed by atoms with van der Waals surface area (Å²) < 4.78 is 4.27. The zero-order chi connectivity index (χ0) is 14.8. The monoisotopic (exact) mass is 282 g/mol. The fourth-order valence-corrected chi connectivity index (χ4v) is 2.61. The lowest BCUT2D eigenvalue weighted by atomic mass is 10.1. The SMILES string of the molecule is CNCc1ccc2ccn(Cc3ccn(C(C)C)n3)c2c1. The first-order valence-corrected chi connectivity index (χ1v) is 7.44. The molecule has 0 spiro atoms. The van der Waals surface area contributed by atoms with Crippen LogP contribution < -0.4 is 5.32 Å². The van der Waals surface area contributed by atoms with E-state index in [9.17, 15) is 0 Å². The third kappa shape index (κ3) is 2.85. The molecule has 0 aliphatic rings. The Morgan fingerprint density at radius 1 is 1.14 bits per heavy atom. The van der Waals surface area contributed by atoms with Gasteiger partial charge in [-0.2, -0.15) is 5.10 Å². The molecule has 4 nitrogen and oxygen atoms in total. The van der Waals surface area contributed by atoms with Gasteiger partial charge in [-0.15, -0.1) is 0 Å². The van der Waals surface area contributed by atoms with Crippen molar-refractivity contribution in [1.29, 1.82) is 0 Å². The summed E-state index contributed by atoms with van der Waals surface area (Å²) in [6.45, 7) is 5.99. The highest BCUT2D eigenvalue weighted by molar-refractivity contribution is 5.80. The minimum atomic E-state index is 0.405. The van der Waals surface area contributed by atoms with Crippen molar-refractivity contribution in [3.05, 3.63) is 54.0 Å². The van der Waals surface area contributed by atoms with E-state index in [4.69, 9.17) is 0 Å². The van der Waals surface area contributed by atoms with Crippen molar-refractivity contribution in [3.63, 3.8) is 0 Å². The lowest BCUT2D eigenvalue weighted by Crippen LogP contribution is -2.06. The maximum Gasteiger partial charge on any atom is 0.0821 e. The Morgan fingerprint density at radius 2 is 2.00 bits per heavy atom. The summed E-state index contributed by atoms with van der Waals surface area (Å²) in [5, 5.41) is 9.11. The molecule has 0 fully saturated rings. The lowest BCUT2D eigenvalue weighted by Gasteiger charge is -2.06. The molecule has 0 saturated carbocycles. The largest absolute Gasteiger partial charge is 0.341 e. The fraction of sp³-hybridized carbons (Fsp3) is 0.353. The first kappa shape index (κ1) is 13.9. The predicted octanol–water partition coefficient (Wildman–Crippen LogP) is 3.19. The van der Waals surface area contributed by atoms with Crippen LogP contribution in [0.15, 0.2) is 42.7 Å². The van der Waals surface area contributed by atoms with Crippen molar-refractivity contribution < 1.29 is 0 Å². The van der Waals surface area contributed by atoms with E-state index in [1.165, 1.54) is 16.5 Å². The third-order valence-corrected chi connectivity index (χ3v) is 3.74. The summed E-state index contributed by atoms with van der Waals surface area (Å²) in [6.07, 6.45) is 4.19. The summed E-state index contributed by atoms with van der Waals surface area (Å²) in [5.74, 6) is 0. The van der Waals surface area contributed by atoms with Crippen LogP contribution in [0.3, 0.4) is 0 Å². The normalized spacial score (nSPS) is 11.6. The molecule has 0 unspecified atom stereocenters. The second kappa shape index (κ2) is 5.74. The van der Waals surface area contributed by atoms with E-state index in [1.54, 1.807) is 0 Å². The molecule has 21 heavy (non-hydrogen) atoms. The van der Waals surface area contributed by atoms with E-state index in [0.717, 1.165) is 18.8 Å². The van der Waals surface area contributed by atoms with Crippen LogP contribution in [0.1, 0.15) is 31.1 Å². The molecule has 3 rings (SSSR count). The van der Waals surface area contributed by atoms with E-state index < -0.39 is 0 Å². The van der Waals surface area contributed by atoms with Crippen LogP contribution in [0.2, 0.25) is 0 Å². The van der Waals surface area contributed by atoms with Crippen LogP contribution in [0.4, 0.5) is 0 Å². The molecule has 0 aliphatic heterocycles. The van der Waals surface area contributed by atoms with Gasteiger partial charge in [-0.3, -0.25) is 4.68 Å². The molecule has 1 aromatic carbocycles. The average molecular weight is 282 g/mol. The molecule has 110 valence electrons. The molecule has 0 atom stereocenters. The summed E-state index contributed by atoms with van der Waals surface area (Å²) >= 11 is 0. The highest BCUT2D eigenvalue weighted by Gasteiger charge is 2.06. The number of fused-ring (bicyclic) bond motifs is 1. The minimum Gasteiger partial charge on any atom is -0.341 e. The Kier molecular flexibility index (Phi) is 3.80. The zero-order valence-corrected chi connectivity index (χ0v) is 12.9. The van der Waals surface area contributed by atoms with Crippen molar-refractivity contribution in [3.8, 4) is 0 Å². The van der Waals surface area contributed by atoms with Gasteiger partial charge in [-0.25, -0.2) is 0 Å². The molecule has 0 aliphatic carbocycles. The molecule has 1 N–H and O–H groups in total. The third-order valence-electron chi connectivity index (χ3n) is 3.74. The van der Waals surface area contributed by atoms with E-state index >= 15 is 0 Å². The highest BCUT2D eigenvalue weighted by Crippen LogP contribution is 2.19. The molecular weight excluding hydrogens is 260 g/mol. The molecule has 2 aromatic heterocycles. The summed E-state index contributed by atoms with van der Waals surface area (Å²) in [7, 11) is 1.97. The Bertz CT molecular complexity index is 736. The Balaban J connectivity index is 1.90. The first-order valence-electron chi connectivity index (χ1n) is 7.44. The standard InChI is InChI=1S/C17H22N4/c1-13(2)21-9-7-16(19-21)12-20-8-6-15-5-4-14(11-18-3)10-17(15)20/h4-10,13,18H,11-12H2,1-3H3. The van der Waals surface area contributed by atoms with E-state index in [-0.39, 0.29) is 0 Å². The number of hydrogen-bond acceptors (Lipinski definition) is 2. The minimum absolute atomic E-state index is 0.405. The Morgan fingerprint density at radius 3 is 2.71 bits per heavy atom. The quantitative estimate of drug-likeness (QED) is 0.780. The van der Waals surface area contributed by atoms with E-state index in [0.29, 0.717) is 6.04 Å². The van der Waals surface area contributed by atoms with Crippen LogP contribution in [-0.4, -0.2) is 21.4 Å². The molecule has 3 aromatic rings. The Hall–Kier alpha value is -2.07. The van der Waals surface area contributed by atoms with Gasteiger partial charge in [-0.1, -0.05) is 12.1 Å². The number of nitrogens with zero attached hydrogens (tertiary/aromatic N) is 3. The van der Waals surface area contributed by atoms with Crippen LogP contribution in [0.25, 0.3) is 10.9 Å². The molecular formula is C17H22N4. The average Bonchev–Trinajstić information content (AvgIpc) is 3.07. The number of aromatic nitrogens is 3. The summed E-state index contributed by atoms with van der Waals surface area (Å²) in [4.78, 5) is 0. The topological polar surface area (TPSA) is 34.8 Å². The van der Waals surface area contributed by atoms with Crippen LogP contribution in [0.5, 0.6) is 0 Å². The van der Waals surface area contributed by atoms with Gasteiger partial charge in [0, 0.05) is 30.5 Å². The number of benzene rings is 1. The number of nitrogens with one attached hydrogen (secondary N) is 1. The van der Waals surface area contributed by atoms with Crippen LogP contribution in [-0.2, 0) is 13.1 Å². The van der Waals surface area contributed by atoms with Crippen molar-refractivity contribution in [2.75, 3.05) is 7.05 Å². The smallest absolute Gasteiger partial charge is 0.0821 e. The van der Waals surface area contributed by atoms with Crippen LogP contribution >= 0.6 is 0 Å². The molecule has 4 heteroatoms. The van der Waals surface area contributed by atoms with Crippen molar-refractivity contribution in [2.45, 2.75) is 33.0 Å². The van der Waals surface area contributed by atoms with E-state index in [2.05, 4.69) is 71.6 Å². The zero-order valence-electron chi connectivity index (χ0n) is 12.9. The summed E-state index contributed by atoms with van der Waals surface area (Å²) in [5.41, 5.74) is 3.67. The van der Waals surface area contributed by atoms with Gasteiger partial charge in [0.1, 0.15) is 0 Å². The van der Waals surface area contributed by atoms with Gasteiger partial charge in [0.05, 0.1) is 12.2 Å². The number of hydrogen-bond donors (Lipinski definition) is 1. The molecule has 0 radical (unpaired) electrons. The second-order valence-corrected chi connectivity index (χ2v) is 5.75. The van der Waals surface area contributed by atoms with Gasteiger partial charge < -0.3 is 9.88 Å². The van der Waals surface area contributed by atoms with Gasteiger partial charge in [-0.05, 0) is 50.0 Å². The van der Waals surface area contributed by atoms with Gasteiger partial charge >= 0.3 is 0 Å². The van der Waals surface area contributed by atoms with Crippen LogP contribution in [0, 0.1) is 0 Å². The van der Waals surface area contributed by atoms with Gasteiger partial charge in [0.15, 0.2) is 0 Å². The number of rotatable bonds is 5. The molecule has 2 heterocycles. The second-order valence-electron chi connectivity index (χ2n) is 5.75.